The normalized spacial score (nSPS) is 22.6. The third-order valence-corrected chi connectivity index (χ3v) is 5.72. The third kappa shape index (κ3) is 2.72. The second-order valence-corrected chi connectivity index (χ2v) is 7.22. The van der Waals surface area contributed by atoms with Gasteiger partial charge in [-0.15, -0.1) is 0 Å². The molecule has 1 aliphatic rings. The molecule has 17 heavy (non-hydrogen) atoms. The van der Waals surface area contributed by atoms with Gasteiger partial charge < -0.3 is 0 Å². The molecule has 1 aromatic rings. The average molecular weight is 318 g/mol. The van der Waals surface area contributed by atoms with Crippen molar-refractivity contribution in [3.63, 3.8) is 0 Å². The Morgan fingerprint density at radius 2 is 1.88 bits per heavy atom. The Kier molecular flexibility index (Phi) is 3.90. The van der Waals surface area contributed by atoms with Crippen LogP contribution in [0.1, 0.15) is 26.2 Å². The summed E-state index contributed by atoms with van der Waals surface area (Å²) in [6.45, 7) is 2.62. The molecular formula is C12H16BrNO2S. The predicted octanol–water partition coefficient (Wildman–Crippen LogP) is 3.01. The van der Waals surface area contributed by atoms with Gasteiger partial charge in [-0.25, -0.2) is 8.42 Å². The van der Waals surface area contributed by atoms with Gasteiger partial charge in [0.25, 0.3) is 0 Å². The molecule has 0 radical (unpaired) electrons. The van der Waals surface area contributed by atoms with Crippen molar-refractivity contribution >= 4 is 26.0 Å². The van der Waals surface area contributed by atoms with Crippen molar-refractivity contribution in [1.29, 1.82) is 0 Å². The van der Waals surface area contributed by atoms with Gasteiger partial charge in [-0.3, -0.25) is 0 Å². The first-order chi connectivity index (χ1) is 8.01. The Morgan fingerprint density at radius 1 is 1.24 bits per heavy atom. The maximum Gasteiger partial charge on any atom is 0.243 e. The van der Waals surface area contributed by atoms with E-state index in [0.717, 1.165) is 23.7 Å². The lowest BCUT2D eigenvalue weighted by Crippen LogP contribution is -2.41. The van der Waals surface area contributed by atoms with Crippen molar-refractivity contribution in [2.45, 2.75) is 37.1 Å². The highest BCUT2D eigenvalue weighted by Gasteiger charge is 2.30. The summed E-state index contributed by atoms with van der Waals surface area (Å²) in [6, 6.07) is 6.95. The Morgan fingerprint density at radius 3 is 2.47 bits per heavy atom. The zero-order valence-electron chi connectivity index (χ0n) is 9.77. The van der Waals surface area contributed by atoms with Crippen LogP contribution in [0.15, 0.2) is 33.6 Å². The second kappa shape index (κ2) is 5.08. The molecule has 0 amide bonds. The zero-order chi connectivity index (χ0) is 12.5. The molecule has 1 saturated heterocycles. The minimum absolute atomic E-state index is 0.109. The Balaban J connectivity index is 2.32. The van der Waals surface area contributed by atoms with Crippen molar-refractivity contribution in [3.05, 3.63) is 28.7 Å². The minimum Gasteiger partial charge on any atom is -0.207 e. The molecule has 0 aliphatic carbocycles. The van der Waals surface area contributed by atoms with Crippen LogP contribution in [0.25, 0.3) is 0 Å². The van der Waals surface area contributed by atoms with Gasteiger partial charge in [0.05, 0.1) is 4.90 Å². The van der Waals surface area contributed by atoms with Crippen molar-refractivity contribution in [2.75, 3.05) is 6.54 Å². The van der Waals surface area contributed by atoms with E-state index in [-0.39, 0.29) is 6.04 Å². The van der Waals surface area contributed by atoms with Crippen molar-refractivity contribution < 1.29 is 8.42 Å². The number of sulfonamides is 1. The molecule has 5 heteroatoms. The lowest BCUT2D eigenvalue weighted by molar-refractivity contribution is 0.268. The van der Waals surface area contributed by atoms with E-state index in [4.69, 9.17) is 0 Å². The van der Waals surface area contributed by atoms with Gasteiger partial charge in [0, 0.05) is 17.1 Å². The first kappa shape index (κ1) is 13.1. The first-order valence-corrected chi connectivity index (χ1v) is 8.02. The molecule has 0 spiro atoms. The second-order valence-electron chi connectivity index (χ2n) is 4.41. The summed E-state index contributed by atoms with van der Waals surface area (Å²) in [4.78, 5) is 0.384. The predicted molar refractivity (Wildman–Crippen MR) is 71.3 cm³/mol. The van der Waals surface area contributed by atoms with Gasteiger partial charge in [-0.2, -0.15) is 4.31 Å². The summed E-state index contributed by atoms with van der Waals surface area (Å²) in [7, 11) is -3.32. The quantitative estimate of drug-likeness (QED) is 0.840. The lowest BCUT2D eigenvalue weighted by atomic mass is 10.1. The van der Waals surface area contributed by atoms with Gasteiger partial charge in [-0.05, 0) is 44.0 Å². The van der Waals surface area contributed by atoms with Crippen molar-refractivity contribution in [3.8, 4) is 0 Å². The van der Waals surface area contributed by atoms with Crippen LogP contribution in [0.5, 0.6) is 0 Å². The zero-order valence-corrected chi connectivity index (χ0v) is 12.2. The van der Waals surface area contributed by atoms with Gasteiger partial charge in [0.2, 0.25) is 10.0 Å². The molecule has 1 heterocycles. The number of hydrogen-bond acceptors (Lipinski definition) is 2. The molecule has 0 aromatic heterocycles. The van der Waals surface area contributed by atoms with Gasteiger partial charge in [-0.1, -0.05) is 22.4 Å². The van der Waals surface area contributed by atoms with E-state index < -0.39 is 10.0 Å². The van der Waals surface area contributed by atoms with Crippen LogP contribution in [0.3, 0.4) is 0 Å². The highest BCUT2D eigenvalue weighted by Crippen LogP contribution is 2.25. The summed E-state index contributed by atoms with van der Waals surface area (Å²) < 4.78 is 27.4. The van der Waals surface area contributed by atoms with Gasteiger partial charge in [0.15, 0.2) is 0 Å². The molecular weight excluding hydrogens is 302 g/mol. The van der Waals surface area contributed by atoms with Crippen LogP contribution in [0, 0.1) is 0 Å². The number of piperidine rings is 1. The molecule has 2 rings (SSSR count). The SMILES string of the molecule is C[C@@H]1CCCCN1S(=O)(=O)c1ccc(Br)cc1. The number of nitrogens with zero attached hydrogens (tertiary/aromatic N) is 1. The maximum absolute atomic E-state index is 12.4. The van der Waals surface area contributed by atoms with Crippen LogP contribution < -0.4 is 0 Å². The summed E-state index contributed by atoms with van der Waals surface area (Å²) in [5.74, 6) is 0. The van der Waals surface area contributed by atoms with E-state index in [2.05, 4.69) is 15.9 Å². The van der Waals surface area contributed by atoms with Crippen LogP contribution in [0.2, 0.25) is 0 Å². The number of hydrogen-bond donors (Lipinski definition) is 0. The van der Waals surface area contributed by atoms with Crippen molar-refractivity contribution in [1.82, 2.24) is 4.31 Å². The highest BCUT2D eigenvalue weighted by molar-refractivity contribution is 9.10. The molecule has 0 saturated carbocycles. The fraction of sp³-hybridized carbons (Fsp3) is 0.500. The van der Waals surface area contributed by atoms with E-state index in [0.29, 0.717) is 11.4 Å². The molecule has 0 N–H and O–H groups in total. The highest BCUT2D eigenvalue weighted by atomic mass is 79.9. The van der Waals surface area contributed by atoms with E-state index in [1.165, 1.54) is 0 Å². The van der Waals surface area contributed by atoms with Crippen LogP contribution in [0.4, 0.5) is 0 Å². The number of benzene rings is 1. The maximum atomic E-state index is 12.4. The van der Waals surface area contributed by atoms with E-state index >= 15 is 0 Å². The summed E-state index contributed by atoms with van der Waals surface area (Å²) >= 11 is 3.31. The third-order valence-electron chi connectivity index (χ3n) is 3.16. The Bertz CT molecular complexity index is 484. The first-order valence-electron chi connectivity index (χ1n) is 5.79. The molecule has 1 aromatic carbocycles. The molecule has 1 atom stereocenters. The molecule has 0 unspecified atom stereocenters. The van der Waals surface area contributed by atoms with Crippen LogP contribution >= 0.6 is 15.9 Å². The van der Waals surface area contributed by atoms with Gasteiger partial charge in [0.1, 0.15) is 0 Å². The van der Waals surface area contributed by atoms with Crippen LogP contribution in [-0.2, 0) is 10.0 Å². The molecule has 3 nitrogen and oxygen atoms in total. The summed E-state index contributed by atoms with van der Waals surface area (Å²) in [6.07, 6.45) is 3.03. The minimum atomic E-state index is -3.32. The van der Waals surface area contributed by atoms with Gasteiger partial charge >= 0.3 is 0 Å². The topological polar surface area (TPSA) is 37.4 Å². The monoisotopic (exact) mass is 317 g/mol. The molecule has 94 valence electrons. The standard InChI is InChI=1S/C12H16BrNO2S/c1-10-4-2-3-9-14(10)17(15,16)12-7-5-11(13)6-8-12/h5-8,10H,2-4,9H2,1H3/t10-/m1/s1. The van der Waals surface area contributed by atoms with E-state index in [1.54, 1.807) is 28.6 Å². The van der Waals surface area contributed by atoms with Crippen LogP contribution in [-0.4, -0.2) is 25.3 Å². The average Bonchev–Trinajstić information content (AvgIpc) is 2.30. The Hall–Kier alpha value is -0.390. The molecule has 0 bridgehead atoms. The molecule has 1 aliphatic heterocycles. The Labute approximate surface area is 111 Å². The van der Waals surface area contributed by atoms with E-state index in [1.807, 2.05) is 6.92 Å². The smallest absolute Gasteiger partial charge is 0.207 e. The molecule has 1 fully saturated rings. The lowest BCUT2D eigenvalue weighted by Gasteiger charge is -2.32. The summed E-state index contributed by atoms with van der Waals surface area (Å²) in [5, 5.41) is 0. The van der Waals surface area contributed by atoms with E-state index in [9.17, 15) is 8.42 Å². The summed E-state index contributed by atoms with van der Waals surface area (Å²) in [5.41, 5.74) is 0. The fourth-order valence-corrected chi connectivity index (χ4v) is 4.13. The fourth-order valence-electron chi connectivity index (χ4n) is 2.17. The number of rotatable bonds is 2. The van der Waals surface area contributed by atoms with Crippen molar-refractivity contribution in [2.24, 2.45) is 0 Å². The number of halogens is 1. The largest absolute Gasteiger partial charge is 0.243 e.